The Morgan fingerprint density at radius 1 is 1.22 bits per heavy atom. The van der Waals surface area contributed by atoms with Gasteiger partial charge >= 0.3 is 0 Å². The third-order valence-corrected chi connectivity index (χ3v) is 6.40. The van der Waals surface area contributed by atoms with E-state index in [2.05, 4.69) is 14.9 Å². The van der Waals surface area contributed by atoms with Gasteiger partial charge in [0.1, 0.15) is 0 Å². The van der Waals surface area contributed by atoms with Crippen molar-refractivity contribution in [2.24, 2.45) is 5.92 Å². The Kier molecular flexibility index (Phi) is 7.79. The predicted molar refractivity (Wildman–Crippen MR) is 106 cm³/mol. The van der Waals surface area contributed by atoms with Crippen LogP contribution in [0.3, 0.4) is 0 Å². The van der Waals surface area contributed by atoms with Crippen molar-refractivity contribution < 1.29 is 17.9 Å². The SMILES string of the molecule is COCCN1CCC(CNS(=O)(=O)c2cc(C)c(NC(C)=O)c(C)c2)CC1. The number of anilines is 1. The molecular formula is C19H31N3O4S. The average molecular weight is 398 g/mol. The number of nitrogens with one attached hydrogen (secondary N) is 2. The zero-order valence-corrected chi connectivity index (χ0v) is 17.5. The first-order valence-electron chi connectivity index (χ1n) is 9.32. The molecule has 0 saturated carbocycles. The minimum absolute atomic E-state index is 0.174. The van der Waals surface area contributed by atoms with E-state index in [9.17, 15) is 13.2 Å². The Morgan fingerprint density at radius 3 is 2.33 bits per heavy atom. The number of sulfonamides is 1. The van der Waals surface area contributed by atoms with E-state index in [1.54, 1.807) is 33.1 Å². The second kappa shape index (κ2) is 9.64. The number of carbonyl (C=O) groups excluding carboxylic acids is 1. The molecular weight excluding hydrogens is 366 g/mol. The van der Waals surface area contributed by atoms with Crippen molar-refractivity contribution >= 4 is 21.6 Å². The zero-order valence-electron chi connectivity index (χ0n) is 16.7. The molecule has 0 aliphatic carbocycles. The van der Waals surface area contributed by atoms with Gasteiger partial charge in [0, 0.05) is 32.8 Å². The Balaban J connectivity index is 1.96. The third-order valence-electron chi connectivity index (χ3n) is 5.00. The number of piperidine rings is 1. The number of methoxy groups -OCH3 is 1. The van der Waals surface area contributed by atoms with Gasteiger partial charge in [-0.05, 0) is 69.0 Å². The number of hydrogen-bond acceptors (Lipinski definition) is 5. The van der Waals surface area contributed by atoms with Crippen LogP contribution in [-0.4, -0.2) is 59.1 Å². The minimum Gasteiger partial charge on any atom is -0.383 e. The maximum atomic E-state index is 12.7. The zero-order chi connectivity index (χ0) is 20.0. The summed E-state index contributed by atoms with van der Waals surface area (Å²) in [6.07, 6.45) is 1.96. The third kappa shape index (κ3) is 6.27. The molecule has 7 nitrogen and oxygen atoms in total. The van der Waals surface area contributed by atoms with Gasteiger partial charge in [-0.2, -0.15) is 0 Å². The van der Waals surface area contributed by atoms with Crippen LogP contribution in [0.25, 0.3) is 0 Å². The number of aryl methyl sites for hydroxylation is 2. The smallest absolute Gasteiger partial charge is 0.240 e. The molecule has 1 heterocycles. The average Bonchev–Trinajstić information content (AvgIpc) is 2.62. The molecule has 1 aromatic carbocycles. The van der Waals surface area contributed by atoms with Crippen molar-refractivity contribution in [3.8, 4) is 0 Å². The van der Waals surface area contributed by atoms with Crippen LogP contribution in [0.15, 0.2) is 17.0 Å². The van der Waals surface area contributed by atoms with Gasteiger partial charge in [0.15, 0.2) is 0 Å². The summed E-state index contributed by atoms with van der Waals surface area (Å²) in [6, 6.07) is 3.21. The summed E-state index contributed by atoms with van der Waals surface area (Å²) in [7, 11) is -1.87. The van der Waals surface area contributed by atoms with Gasteiger partial charge in [0.25, 0.3) is 0 Å². The van der Waals surface area contributed by atoms with Crippen LogP contribution in [-0.2, 0) is 19.6 Å². The summed E-state index contributed by atoms with van der Waals surface area (Å²) in [5.41, 5.74) is 2.14. The number of ether oxygens (including phenoxy) is 1. The fourth-order valence-corrected chi connectivity index (χ4v) is 4.68. The summed E-state index contributed by atoms with van der Waals surface area (Å²) in [6.45, 7) is 9.08. The number of rotatable bonds is 8. The molecule has 0 unspecified atom stereocenters. The van der Waals surface area contributed by atoms with E-state index < -0.39 is 10.0 Å². The lowest BCUT2D eigenvalue weighted by Gasteiger charge is -2.31. The molecule has 27 heavy (non-hydrogen) atoms. The molecule has 1 aliphatic rings. The molecule has 0 bridgehead atoms. The normalized spacial score (nSPS) is 16.4. The molecule has 152 valence electrons. The number of likely N-dealkylation sites (tertiary alicyclic amines) is 1. The first-order chi connectivity index (χ1) is 12.7. The molecule has 1 aliphatic heterocycles. The largest absolute Gasteiger partial charge is 0.383 e. The molecule has 0 aromatic heterocycles. The first kappa shape index (κ1) is 21.8. The second-order valence-corrected chi connectivity index (χ2v) is 9.01. The standard InChI is InChI=1S/C19H31N3O4S/c1-14-11-18(12-15(2)19(14)21-16(3)23)27(24,25)20-13-17-5-7-22(8-6-17)9-10-26-4/h11-12,17,20H,5-10,13H2,1-4H3,(H,21,23). The molecule has 2 N–H and O–H groups in total. The Hall–Kier alpha value is -1.48. The number of carbonyl (C=O) groups is 1. The molecule has 1 amide bonds. The van der Waals surface area contributed by atoms with Crippen LogP contribution < -0.4 is 10.0 Å². The maximum Gasteiger partial charge on any atom is 0.240 e. The summed E-state index contributed by atoms with van der Waals surface area (Å²) >= 11 is 0. The van der Waals surface area contributed by atoms with Crippen molar-refractivity contribution in [3.05, 3.63) is 23.3 Å². The Bertz CT molecular complexity index is 733. The van der Waals surface area contributed by atoms with Gasteiger partial charge in [0.2, 0.25) is 15.9 Å². The molecule has 0 radical (unpaired) electrons. The van der Waals surface area contributed by atoms with E-state index in [0.29, 0.717) is 18.2 Å². The number of hydrogen-bond donors (Lipinski definition) is 2. The van der Waals surface area contributed by atoms with Crippen LogP contribution in [0.5, 0.6) is 0 Å². The quantitative estimate of drug-likeness (QED) is 0.700. The predicted octanol–water partition coefficient (Wildman–Crippen LogP) is 1.90. The number of benzene rings is 1. The highest BCUT2D eigenvalue weighted by atomic mass is 32.2. The topological polar surface area (TPSA) is 87.7 Å². The van der Waals surface area contributed by atoms with E-state index >= 15 is 0 Å². The van der Waals surface area contributed by atoms with Crippen molar-refractivity contribution in [2.45, 2.75) is 38.5 Å². The summed E-state index contributed by atoms with van der Waals surface area (Å²) in [5.74, 6) is 0.172. The van der Waals surface area contributed by atoms with E-state index in [1.165, 1.54) is 6.92 Å². The van der Waals surface area contributed by atoms with Gasteiger partial charge in [-0.15, -0.1) is 0 Å². The van der Waals surface area contributed by atoms with Crippen molar-refractivity contribution in [3.63, 3.8) is 0 Å². The number of amides is 1. The van der Waals surface area contributed by atoms with Gasteiger partial charge in [-0.25, -0.2) is 13.1 Å². The Labute approximate surface area is 162 Å². The van der Waals surface area contributed by atoms with E-state index in [4.69, 9.17) is 4.74 Å². The van der Waals surface area contributed by atoms with Gasteiger partial charge in [0.05, 0.1) is 11.5 Å². The van der Waals surface area contributed by atoms with Gasteiger partial charge in [-0.3, -0.25) is 4.79 Å². The van der Waals surface area contributed by atoms with Gasteiger partial charge in [-0.1, -0.05) is 0 Å². The highest BCUT2D eigenvalue weighted by molar-refractivity contribution is 7.89. The lowest BCUT2D eigenvalue weighted by molar-refractivity contribution is -0.114. The van der Waals surface area contributed by atoms with Crippen LogP contribution in [0, 0.1) is 19.8 Å². The van der Waals surface area contributed by atoms with Crippen molar-refractivity contribution in [1.29, 1.82) is 0 Å². The van der Waals surface area contributed by atoms with Crippen LogP contribution in [0.1, 0.15) is 30.9 Å². The van der Waals surface area contributed by atoms with Crippen LogP contribution in [0.2, 0.25) is 0 Å². The fourth-order valence-electron chi connectivity index (χ4n) is 3.40. The lowest BCUT2D eigenvalue weighted by atomic mass is 9.97. The highest BCUT2D eigenvalue weighted by Gasteiger charge is 2.22. The van der Waals surface area contributed by atoms with Gasteiger partial charge < -0.3 is 15.0 Å². The summed E-state index contributed by atoms with van der Waals surface area (Å²) in [4.78, 5) is 13.9. The monoisotopic (exact) mass is 397 g/mol. The molecule has 0 atom stereocenters. The van der Waals surface area contributed by atoms with E-state index in [0.717, 1.165) is 50.2 Å². The van der Waals surface area contributed by atoms with Crippen LogP contribution in [0.4, 0.5) is 5.69 Å². The summed E-state index contributed by atoms with van der Waals surface area (Å²) in [5, 5.41) is 2.75. The molecule has 2 rings (SSSR count). The molecule has 8 heteroatoms. The highest BCUT2D eigenvalue weighted by Crippen LogP contribution is 2.25. The van der Waals surface area contributed by atoms with Crippen LogP contribution >= 0.6 is 0 Å². The molecule has 1 aromatic rings. The molecule has 1 saturated heterocycles. The summed E-state index contributed by atoms with van der Waals surface area (Å²) < 4.78 is 33.3. The number of nitrogens with zero attached hydrogens (tertiary/aromatic N) is 1. The molecule has 0 spiro atoms. The second-order valence-electron chi connectivity index (χ2n) is 7.24. The minimum atomic E-state index is -3.57. The lowest BCUT2D eigenvalue weighted by Crippen LogP contribution is -2.39. The Morgan fingerprint density at radius 2 is 1.81 bits per heavy atom. The first-order valence-corrected chi connectivity index (χ1v) is 10.8. The fraction of sp³-hybridized carbons (Fsp3) is 0.632. The van der Waals surface area contributed by atoms with E-state index in [1.807, 2.05) is 0 Å². The van der Waals surface area contributed by atoms with Crippen molar-refractivity contribution in [1.82, 2.24) is 9.62 Å². The van der Waals surface area contributed by atoms with Crippen molar-refractivity contribution in [2.75, 3.05) is 45.2 Å². The van der Waals surface area contributed by atoms with E-state index in [-0.39, 0.29) is 10.8 Å². The maximum absolute atomic E-state index is 12.7. The molecule has 1 fully saturated rings.